The molecule has 1 saturated heterocycles. The summed E-state index contributed by atoms with van der Waals surface area (Å²) in [5, 5.41) is 5.81. The van der Waals surface area contributed by atoms with Gasteiger partial charge in [0.25, 0.3) is 0 Å². The molecule has 0 saturated carbocycles. The van der Waals surface area contributed by atoms with Crippen LogP contribution in [0.15, 0.2) is 42.5 Å². The maximum Gasteiger partial charge on any atom is 0.410 e. The van der Waals surface area contributed by atoms with Gasteiger partial charge in [-0.15, -0.1) is 0 Å². The van der Waals surface area contributed by atoms with E-state index in [2.05, 4.69) is 15.6 Å². The van der Waals surface area contributed by atoms with Crippen molar-refractivity contribution in [2.75, 3.05) is 41.7 Å². The van der Waals surface area contributed by atoms with Gasteiger partial charge in [-0.1, -0.05) is 29.8 Å². The molecule has 0 atom stereocenters. The number of aromatic nitrogens is 1. The lowest BCUT2D eigenvalue weighted by molar-refractivity contribution is 0.0240. The number of ether oxygens (including phenoxy) is 1. The van der Waals surface area contributed by atoms with Crippen LogP contribution in [0.4, 0.5) is 26.8 Å². The summed E-state index contributed by atoms with van der Waals surface area (Å²) in [4.78, 5) is 32.5. The monoisotopic (exact) mass is 431 g/mol. The Balaban J connectivity index is 1.60. The number of amides is 3. The second kappa shape index (κ2) is 9.21. The van der Waals surface area contributed by atoms with E-state index in [9.17, 15) is 9.59 Å². The number of nitrogens with zero attached hydrogens (tertiary/aromatic N) is 3. The number of benzene rings is 1. The molecule has 1 aliphatic heterocycles. The molecule has 0 aliphatic carbocycles. The molecule has 3 rings (SSSR count). The highest BCUT2D eigenvalue weighted by atomic mass is 35.5. The fourth-order valence-corrected chi connectivity index (χ4v) is 3.18. The summed E-state index contributed by atoms with van der Waals surface area (Å²) >= 11 is 6.17. The minimum Gasteiger partial charge on any atom is -0.444 e. The first-order valence-corrected chi connectivity index (χ1v) is 10.1. The van der Waals surface area contributed by atoms with Crippen molar-refractivity contribution in [3.05, 3.63) is 47.6 Å². The van der Waals surface area contributed by atoms with Crippen molar-refractivity contribution in [2.24, 2.45) is 0 Å². The van der Waals surface area contributed by atoms with Gasteiger partial charge in [-0.25, -0.2) is 14.6 Å². The highest BCUT2D eigenvalue weighted by molar-refractivity contribution is 6.29. The molecule has 0 bridgehead atoms. The minimum atomic E-state index is -0.524. The number of nitrogens with one attached hydrogen (secondary N) is 2. The van der Waals surface area contributed by atoms with Gasteiger partial charge in [-0.3, -0.25) is 0 Å². The molecule has 9 heteroatoms. The summed E-state index contributed by atoms with van der Waals surface area (Å²) in [5.74, 6) is 0.640. The van der Waals surface area contributed by atoms with Gasteiger partial charge >= 0.3 is 12.1 Å². The van der Waals surface area contributed by atoms with Crippen molar-refractivity contribution in [1.82, 2.24) is 9.88 Å². The van der Waals surface area contributed by atoms with Crippen LogP contribution >= 0.6 is 11.6 Å². The van der Waals surface area contributed by atoms with Crippen molar-refractivity contribution in [3.63, 3.8) is 0 Å². The summed E-state index contributed by atoms with van der Waals surface area (Å²) < 4.78 is 5.43. The number of piperazine rings is 1. The lowest BCUT2D eigenvalue weighted by Gasteiger charge is -2.36. The van der Waals surface area contributed by atoms with Crippen LogP contribution in [0.25, 0.3) is 0 Å². The third-order valence-corrected chi connectivity index (χ3v) is 4.52. The number of hydrogen-bond donors (Lipinski definition) is 2. The molecule has 1 aromatic carbocycles. The van der Waals surface area contributed by atoms with Crippen LogP contribution in [0.5, 0.6) is 0 Å². The molecule has 0 radical (unpaired) electrons. The molecule has 1 fully saturated rings. The number of para-hydroxylation sites is 1. The molecule has 1 aliphatic rings. The Morgan fingerprint density at radius 2 is 1.63 bits per heavy atom. The standard InChI is InChI=1S/C21H26ClN5O3/c1-21(2,3)30-20(29)27-11-9-26(10-12-27)18-14-16(13-17(22)25-18)24-19(28)23-15-7-5-4-6-8-15/h4-8,13-14H,9-12H2,1-3H3,(H2,23,24,25,28). The number of halogens is 1. The Morgan fingerprint density at radius 1 is 1.00 bits per heavy atom. The van der Waals surface area contributed by atoms with E-state index < -0.39 is 5.60 Å². The predicted molar refractivity (Wildman–Crippen MR) is 118 cm³/mol. The third-order valence-electron chi connectivity index (χ3n) is 4.33. The van der Waals surface area contributed by atoms with E-state index >= 15 is 0 Å². The quantitative estimate of drug-likeness (QED) is 0.702. The predicted octanol–water partition coefficient (Wildman–Crippen LogP) is 4.44. The number of rotatable bonds is 3. The van der Waals surface area contributed by atoms with Crippen LogP contribution < -0.4 is 15.5 Å². The molecule has 3 amide bonds. The lowest BCUT2D eigenvalue weighted by Crippen LogP contribution is -2.50. The Bertz CT molecular complexity index is 893. The average molecular weight is 432 g/mol. The van der Waals surface area contributed by atoms with Gasteiger partial charge < -0.3 is 25.2 Å². The van der Waals surface area contributed by atoms with Gasteiger partial charge in [0, 0.05) is 43.6 Å². The zero-order valence-electron chi connectivity index (χ0n) is 17.3. The van der Waals surface area contributed by atoms with E-state index in [0.717, 1.165) is 0 Å². The normalized spacial score (nSPS) is 14.3. The summed E-state index contributed by atoms with van der Waals surface area (Å²) in [6, 6.07) is 12.1. The molecular formula is C21H26ClN5O3. The molecule has 8 nitrogen and oxygen atoms in total. The summed E-state index contributed by atoms with van der Waals surface area (Å²) in [6.07, 6.45) is -0.318. The maximum atomic E-state index is 12.3. The number of anilines is 3. The second-order valence-corrected chi connectivity index (χ2v) is 8.32. The number of hydrogen-bond acceptors (Lipinski definition) is 5. The van der Waals surface area contributed by atoms with Crippen LogP contribution in [-0.2, 0) is 4.74 Å². The summed E-state index contributed by atoms with van der Waals surface area (Å²) in [6.45, 7) is 7.74. The SMILES string of the molecule is CC(C)(C)OC(=O)N1CCN(c2cc(NC(=O)Nc3ccccc3)cc(Cl)n2)CC1. The number of carbonyl (C=O) groups excluding carboxylic acids is 2. The number of pyridine rings is 1. The van der Waals surface area contributed by atoms with Gasteiger partial charge in [-0.2, -0.15) is 0 Å². The topological polar surface area (TPSA) is 86.8 Å². The van der Waals surface area contributed by atoms with E-state index in [0.29, 0.717) is 43.4 Å². The first-order valence-electron chi connectivity index (χ1n) is 9.73. The van der Waals surface area contributed by atoms with Crippen LogP contribution in [0.2, 0.25) is 5.15 Å². The molecule has 2 aromatic rings. The molecular weight excluding hydrogens is 406 g/mol. The van der Waals surface area contributed by atoms with Crippen LogP contribution in [0.1, 0.15) is 20.8 Å². The van der Waals surface area contributed by atoms with E-state index in [4.69, 9.17) is 16.3 Å². The fraction of sp³-hybridized carbons (Fsp3) is 0.381. The lowest BCUT2D eigenvalue weighted by atomic mass is 10.2. The third kappa shape index (κ3) is 6.25. The van der Waals surface area contributed by atoms with E-state index in [1.54, 1.807) is 29.2 Å². The number of urea groups is 1. The fourth-order valence-electron chi connectivity index (χ4n) is 2.98. The molecule has 160 valence electrons. The van der Waals surface area contributed by atoms with Gasteiger partial charge in [0.1, 0.15) is 16.6 Å². The minimum absolute atomic E-state index is 0.275. The largest absolute Gasteiger partial charge is 0.444 e. The van der Waals surface area contributed by atoms with Crippen molar-refractivity contribution in [1.29, 1.82) is 0 Å². The Hall–Kier alpha value is -3.00. The summed E-state index contributed by atoms with van der Waals surface area (Å²) in [7, 11) is 0. The highest BCUT2D eigenvalue weighted by Gasteiger charge is 2.26. The highest BCUT2D eigenvalue weighted by Crippen LogP contribution is 2.23. The van der Waals surface area contributed by atoms with E-state index in [1.807, 2.05) is 43.9 Å². The first kappa shape index (κ1) is 21.7. The van der Waals surface area contributed by atoms with Gasteiger partial charge in [0.2, 0.25) is 0 Å². The van der Waals surface area contributed by atoms with Crippen molar-refractivity contribution >= 4 is 40.9 Å². The van der Waals surface area contributed by atoms with Crippen LogP contribution in [0, 0.1) is 0 Å². The van der Waals surface area contributed by atoms with Gasteiger partial charge in [-0.05, 0) is 39.0 Å². The Morgan fingerprint density at radius 3 is 2.27 bits per heavy atom. The molecule has 2 heterocycles. The molecule has 30 heavy (non-hydrogen) atoms. The zero-order valence-corrected chi connectivity index (χ0v) is 18.1. The Labute approximate surface area is 181 Å². The average Bonchev–Trinajstić information content (AvgIpc) is 2.67. The molecule has 0 spiro atoms. The Kier molecular flexibility index (Phi) is 6.66. The number of carbonyl (C=O) groups is 2. The zero-order chi connectivity index (χ0) is 21.7. The van der Waals surface area contributed by atoms with Crippen molar-refractivity contribution in [2.45, 2.75) is 26.4 Å². The van der Waals surface area contributed by atoms with Crippen molar-refractivity contribution < 1.29 is 14.3 Å². The first-order chi connectivity index (χ1) is 14.2. The summed E-state index contributed by atoms with van der Waals surface area (Å²) in [5.41, 5.74) is 0.700. The molecule has 1 aromatic heterocycles. The van der Waals surface area contributed by atoms with Crippen molar-refractivity contribution in [3.8, 4) is 0 Å². The molecule has 2 N–H and O–H groups in total. The van der Waals surface area contributed by atoms with Gasteiger partial charge in [0.05, 0.1) is 0 Å². The van der Waals surface area contributed by atoms with E-state index in [-0.39, 0.29) is 17.3 Å². The maximum absolute atomic E-state index is 12.3. The van der Waals surface area contributed by atoms with Crippen LogP contribution in [-0.4, -0.2) is 53.8 Å². The van der Waals surface area contributed by atoms with Gasteiger partial charge in [0.15, 0.2) is 0 Å². The van der Waals surface area contributed by atoms with E-state index in [1.165, 1.54) is 0 Å². The smallest absolute Gasteiger partial charge is 0.410 e. The second-order valence-electron chi connectivity index (χ2n) is 7.94. The van der Waals surface area contributed by atoms with Crippen LogP contribution in [0.3, 0.4) is 0 Å². The molecule has 0 unspecified atom stereocenters.